The van der Waals surface area contributed by atoms with Gasteiger partial charge in [-0.3, -0.25) is 9.78 Å². The van der Waals surface area contributed by atoms with Gasteiger partial charge in [0.1, 0.15) is 0 Å². The molecule has 0 aliphatic rings. The summed E-state index contributed by atoms with van der Waals surface area (Å²) in [6.45, 7) is 4.43. The molecule has 1 aromatic rings. The van der Waals surface area contributed by atoms with Gasteiger partial charge in [0.2, 0.25) is 5.91 Å². The SMILES string of the molecule is CNC(=O)C(C)NCc1ccc(C)cn1. The Labute approximate surface area is 90.1 Å². The molecule has 82 valence electrons. The van der Waals surface area contributed by atoms with Gasteiger partial charge in [0.25, 0.3) is 0 Å². The van der Waals surface area contributed by atoms with Crippen LogP contribution in [0, 0.1) is 6.92 Å². The number of likely N-dealkylation sites (N-methyl/N-ethyl adjacent to an activating group) is 1. The van der Waals surface area contributed by atoms with Crippen LogP contribution in [-0.4, -0.2) is 24.0 Å². The Bertz CT molecular complexity index is 321. The third-order valence-corrected chi connectivity index (χ3v) is 2.20. The fourth-order valence-corrected chi connectivity index (χ4v) is 1.17. The van der Waals surface area contributed by atoms with Gasteiger partial charge in [-0.05, 0) is 25.5 Å². The Kier molecular flexibility index (Phi) is 4.24. The lowest BCUT2D eigenvalue weighted by Gasteiger charge is -2.11. The minimum absolute atomic E-state index is 0.0119. The van der Waals surface area contributed by atoms with E-state index in [2.05, 4.69) is 15.6 Å². The van der Waals surface area contributed by atoms with Crippen LogP contribution in [0.25, 0.3) is 0 Å². The number of hydrogen-bond acceptors (Lipinski definition) is 3. The summed E-state index contributed by atoms with van der Waals surface area (Å²) in [4.78, 5) is 15.4. The predicted molar refractivity (Wildman–Crippen MR) is 59.3 cm³/mol. The van der Waals surface area contributed by atoms with Gasteiger partial charge in [0.15, 0.2) is 0 Å². The van der Waals surface area contributed by atoms with E-state index in [0.29, 0.717) is 6.54 Å². The van der Waals surface area contributed by atoms with E-state index in [1.54, 1.807) is 7.05 Å². The van der Waals surface area contributed by atoms with Crippen molar-refractivity contribution in [3.8, 4) is 0 Å². The minimum atomic E-state index is -0.196. The van der Waals surface area contributed by atoms with Crippen molar-refractivity contribution in [2.24, 2.45) is 0 Å². The van der Waals surface area contributed by atoms with Gasteiger partial charge < -0.3 is 10.6 Å². The zero-order valence-corrected chi connectivity index (χ0v) is 9.37. The molecule has 1 atom stereocenters. The molecule has 4 heteroatoms. The van der Waals surface area contributed by atoms with Crippen LogP contribution >= 0.6 is 0 Å². The van der Waals surface area contributed by atoms with Crippen LogP contribution in [0.1, 0.15) is 18.2 Å². The number of amides is 1. The average Bonchev–Trinajstić information content (AvgIpc) is 2.26. The quantitative estimate of drug-likeness (QED) is 0.760. The molecule has 0 aliphatic heterocycles. The molecule has 0 aliphatic carbocycles. The van der Waals surface area contributed by atoms with Crippen LogP contribution < -0.4 is 10.6 Å². The van der Waals surface area contributed by atoms with Crippen molar-refractivity contribution in [1.29, 1.82) is 0 Å². The molecule has 15 heavy (non-hydrogen) atoms. The van der Waals surface area contributed by atoms with Crippen molar-refractivity contribution in [3.05, 3.63) is 29.6 Å². The second-order valence-electron chi connectivity index (χ2n) is 3.54. The van der Waals surface area contributed by atoms with Crippen molar-refractivity contribution < 1.29 is 4.79 Å². The van der Waals surface area contributed by atoms with Crippen LogP contribution in [-0.2, 0) is 11.3 Å². The molecule has 0 bridgehead atoms. The van der Waals surface area contributed by atoms with Crippen LogP contribution in [0.2, 0.25) is 0 Å². The summed E-state index contributed by atoms with van der Waals surface area (Å²) in [7, 11) is 1.63. The topological polar surface area (TPSA) is 54.0 Å². The predicted octanol–water partition coefficient (Wildman–Crippen LogP) is 0.614. The third-order valence-electron chi connectivity index (χ3n) is 2.20. The van der Waals surface area contributed by atoms with Gasteiger partial charge in [-0.1, -0.05) is 6.07 Å². The van der Waals surface area contributed by atoms with Gasteiger partial charge in [-0.15, -0.1) is 0 Å². The highest BCUT2D eigenvalue weighted by atomic mass is 16.2. The largest absolute Gasteiger partial charge is 0.358 e. The van der Waals surface area contributed by atoms with Gasteiger partial charge >= 0.3 is 0 Å². The van der Waals surface area contributed by atoms with Crippen molar-refractivity contribution in [2.75, 3.05) is 7.05 Å². The van der Waals surface area contributed by atoms with Crippen molar-refractivity contribution in [3.63, 3.8) is 0 Å². The molecule has 0 radical (unpaired) electrons. The lowest BCUT2D eigenvalue weighted by atomic mass is 10.2. The molecule has 1 aromatic heterocycles. The van der Waals surface area contributed by atoms with Crippen LogP contribution in [0.3, 0.4) is 0 Å². The second kappa shape index (κ2) is 5.46. The molecule has 0 spiro atoms. The Morgan fingerprint density at radius 1 is 1.53 bits per heavy atom. The summed E-state index contributed by atoms with van der Waals surface area (Å²) >= 11 is 0. The molecular formula is C11H17N3O. The maximum absolute atomic E-state index is 11.2. The fraction of sp³-hybridized carbons (Fsp3) is 0.455. The van der Waals surface area contributed by atoms with Crippen LogP contribution in [0.15, 0.2) is 18.3 Å². The summed E-state index contributed by atoms with van der Waals surface area (Å²) in [5.74, 6) is -0.0119. The Morgan fingerprint density at radius 3 is 2.80 bits per heavy atom. The Balaban J connectivity index is 2.43. The van der Waals surface area contributed by atoms with E-state index < -0.39 is 0 Å². The first-order valence-electron chi connectivity index (χ1n) is 5.00. The van der Waals surface area contributed by atoms with Gasteiger partial charge in [-0.2, -0.15) is 0 Å². The Hall–Kier alpha value is -1.42. The molecular weight excluding hydrogens is 190 g/mol. The lowest BCUT2D eigenvalue weighted by molar-refractivity contribution is -0.122. The maximum atomic E-state index is 11.2. The van der Waals surface area contributed by atoms with E-state index in [1.165, 1.54) is 0 Å². The normalized spacial score (nSPS) is 12.2. The number of nitrogens with one attached hydrogen (secondary N) is 2. The molecule has 1 unspecified atom stereocenters. The highest BCUT2D eigenvalue weighted by molar-refractivity contribution is 5.80. The molecule has 4 nitrogen and oxygen atoms in total. The van der Waals surface area contributed by atoms with Gasteiger partial charge in [0, 0.05) is 19.8 Å². The number of aryl methyl sites for hydroxylation is 1. The highest BCUT2D eigenvalue weighted by Crippen LogP contribution is 1.98. The average molecular weight is 207 g/mol. The molecule has 0 aromatic carbocycles. The highest BCUT2D eigenvalue weighted by Gasteiger charge is 2.09. The summed E-state index contributed by atoms with van der Waals surface area (Å²) in [6, 6.07) is 3.77. The van der Waals surface area contributed by atoms with Crippen molar-refractivity contribution in [1.82, 2.24) is 15.6 Å². The van der Waals surface area contributed by atoms with E-state index in [9.17, 15) is 4.79 Å². The lowest BCUT2D eigenvalue weighted by Crippen LogP contribution is -2.40. The maximum Gasteiger partial charge on any atom is 0.236 e. The second-order valence-corrected chi connectivity index (χ2v) is 3.54. The number of nitrogens with zero attached hydrogens (tertiary/aromatic N) is 1. The molecule has 2 N–H and O–H groups in total. The first-order chi connectivity index (χ1) is 7.13. The van der Waals surface area contributed by atoms with Crippen LogP contribution in [0.5, 0.6) is 0 Å². The smallest absolute Gasteiger partial charge is 0.236 e. The summed E-state index contributed by atoms with van der Waals surface area (Å²) < 4.78 is 0. The van der Waals surface area contributed by atoms with E-state index in [4.69, 9.17) is 0 Å². The monoisotopic (exact) mass is 207 g/mol. The molecule has 1 amide bonds. The van der Waals surface area contributed by atoms with Crippen LogP contribution in [0.4, 0.5) is 0 Å². The first-order valence-corrected chi connectivity index (χ1v) is 5.00. The van der Waals surface area contributed by atoms with E-state index >= 15 is 0 Å². The summed E-state index contributed by atoms with van der Waals surface area (Å²) in [5.41, 5.74) is 2.08. The zero-order chi connectivity index (χ0) is 11.3. The number of aromatic nitrogens is 1. The molecule has 1 heterocycles. The van der Waals surface area contributed by atoms with Gasteiger partial charge in [0.05, 0.1) is 11.7 Å². The van der Waals surface area contributed by atoms with Crippen molar-refractivity contribution in [2.45, 2.75) is 26.4 Å². The Morgan fingerprint density at radius 2 is 2.27 bits per heavy atom. The van der Waals surface area contributed by atoms with Gasteiger partial charge in [-0.25, -0.2) is 0 Å². The number of rotatable bonds is 4. The number of hydrogen-bond donors (Lipinski definition) is 2. The van der Waals surface area contributed by atoms with E-state index in [0.717, 1.165) is 11.3 Å². The van der Waals surface area contributed by atoms with Crippen molar-refractivity contribution >= 4 is 5.91 Å². The standard InChI is InChI=1S/C11H17N3O/c1-8-4-5-10(14-6-8)7-13-9(2)11(15)12-3/h4-6,9,13H,7H2,1-3H3,(H,12,15). The molecule has 0 saturated heterocycles. The van der Waals surface area contributed by atoms with E-state index in [-0.39, 0.29) is 11.9 Å². The van der Waals surface area contributed by atoms with E-state index in [1.807, 2.05) is 32.2 Å². The molecule has 0 fully saturated rings. The molecule has 1 rings (SSSR count). The zero-order valence-electron chi connectivity index (χ0n) is 9.37. The fourth-order valence-electron chi connectivity index (χ4n) is 1.17. The first kappa shape index (κ1) is 11.7. The third kappa shape index (κ3) is 3.67. The molecule has 0 saturated carbocycles. The number of carbonyl (C=O) groups is 1. The number of carbonyl (C=O) groups excluding carboxylic acids is 1. The number of pyridine rings is 1. The minimum Gasteiger partial charge on any atom is -0.358 e. The summed E-state index contributed by atoms with van der Waals surface area (Å²) in [6.07, 6.45) is 1.82. The summed E-state index contributed by atoms with van der Waals surface area (Å²) in [5, 5.41) is 5.68.